The first-order valence-corrected chi connectivity index (χ1v) is 7.92. The third-order valence-electron chi connectivity index (χ3n) is 3.62. The van der Waals surface area contributed by atoms with Crippen LogP contribution in [0.2, 0.25) is 0 Å². The summed E-state index contributed by atoms with van der Waals surface area (Å²) >= 11 is 0. The van der Waals surface area contributed by atoms with Gasteiger partial charge in [0.15, 0.2) is 0 Å². The van der Waals surface area contributed by atoms with E-state index in [0.717, 1.165) is 24.4 Å². The maximum atomic E-state index is 13.7. The summed E-state index contributed by atoms with van der Waals surface area (Å²) < 4.78 is 87.3. The van der Waals surface area contributed by atoms with Crippen LogP contribution in [0, 0.1) is 0 Å². The van der Waals surface area contributed by atoms with Crippen LogP contribution in [0.25, 0.3) is 0 Å². The van der Waals surface area contributed by atoms with Crippen molar-refractivity contribution in [2.75, 3.05) is 5.32 Å². The number of anilines is 1. The topological polar surface area (TPSA) is 56.1 Å². The Balaban J connectivity index is 2.48. The molecule has 1 aromatic carbocycles. The zero-order chi connectivity index (χ0) is 21.4. The summed E-state index contributed by atoms with van der Waals surface area (Å²) in [6, 6.07) is 4.08. The number of benzene rings is 1. The van der Waals surface area contributed by atoms with Crippen molar-refractivity contribution in [3.05, 3.63) is 48.3 Å². The number of alkyl halides is 6. The zero-order valence-electron chi connectivity index (χ0n) is 15.0. The lowest BCUT2D eigenvalue weighted by Gasteiger charge is -2.37. The van der Waals surface area contributed by atoms with Gasteiger partial charge < -0.3 is 4.74 Å². The molecule has 154 valence electrons. The van der Waals surface area contributed by atoms with E-state index in [9.17, 15) is 31.1 Å². The Bertz CT molecular complexity index is 791. The summed E-state index contributed by atoms with van der Waals surface area (Å²) in [5.74, 6) is 0. The molecule has 28 heavy (non-hydrogen) atoms. The smallest absolute Gasteiger partial charge is 0.426 e. The third kappa shape index (κ3) is 4.07. The molecule has 0 bridgehead atoms. The predicted molar refractivity (Wildman–Crippen MR) is 87.7 cm³/mol. The maximum Gasteiger partial charge on any atom is 0.426 e. The van der Waals surface area contributed by atoms with Crippen LogP contribution < -0.4 is 5.32 Å². The summed E-state index contributed by atoms with van der Waals surface area (Å²) in [5.41, 5.74) is -6.34. The zero-order valence-corrected chi connectivity index (χ0v) is 15.0. The second-order valence-electron chi connectivity index (χ2n) is 6.86. The molecule has 1 amide bonds. The Morgan fingerprint density at radius 3 is 1.93 bits per heavy atom. The number of amides is 1. The largest absolute Gasteiger partial charge is 0.444 e. The van der Waals surface area contributed by atoms with Gasteiger partial charge in [-0.25, -0.2) is 9.48 Å². The average molecular weight is 409 g/mol. The lowest BCUT2D eigenvalue weighted by atomic mass is 9.88. The van der Waals surface area contributed by atoms with Crippen molar-refractivity contribution < 1.29 is 35.9 Å². The van der Waals surface area contributed by atoms with Gasteiger partial charge in [0.2, 0.25) is 0 Å². The van der Waals surface area contributed by atoms with E-state index >= 15 is 0 Å². The van der Waals surface area contributed by atoms with Gasteiger partial charge in [0.05, 0.1) is 0 Å². The van der Waals surface area contributed by atoms with Crippen LogP contribution in [-0.4, -0.2) is 33.8 Å². The minimum absolute atomic E-state index is 0.0308. The van der Waals surface area contributed by atoms with E-state index in [2.05, 4.69) is 10.4 Å². The highest BCUT2D eigenvalue weighted by Gasteiger charge is 2.74. The van der Waals surface area contributed by atoms with Crippen LogP contribution in [0.4, 0.5) is 36.8 Å². The first-order chi connectivity index (χ1) is 12.7. The quantitative estimate of drug-likeness (QED) is 0.718. The second kappa shape index (κ2) is 7.02. The molecule has 0 saturated heterocycles. The number of nitrogens with zero attached hydrogens (tertiary/aromatic N) is 2. The van der Waals surface area contributed by atoms with Crippen molar-refractivity contribution in [1.29, 1.82) is 0 Å². The van der Waals surface area contributed by atoms with Gasteiger partial charge in [-0.05, 0) is 44.5 Å². The van der Waals surface area contributed by atoms with Crippen LogP contribution in [0.5, 0.6) is 0 Å². The number of hydrogen-bond donors (Lipinski definition) is 1. The lowest BCUT2D eigenvalue weighted by Crippen LogP contribution is -2.59. The van der Waals surface area contributed by atoms with Crippen LogP contribution in [-0.2, 0) is 10.3 Å². The van der Waals surface area contributed by atoms with Gasteiger partial charge in [0.25, 0.3) is 5.54 Å². The number of rotatable bonds is 3. The minimum Gasteiger partial charge on any atom is -0.444 e. The molecule has 11 heteroatoms. The van der Waals surface area contributed by atoms with Crippen molar-refractivity contribution >= 4 is 11.8 Å². The Morgan fingerprint density at radius 2 is 1.54 bits per heavy atom. The molecular weight excluding hydrogens is 392 g/mol. The Hall–Kier alpha value is -2.72. The van der Waals surface area contributed by atoms with Crippen LogP contribution in [0.1, 0.15) is 26.3 Å². The van der Waals surface area contributed by atoms with E-state index in [-0.39, 0.29) is 10.4 Å². The van der Waals surface area contributed by atoms with Gasteiger partial charge in [-0.1, -0.05) is 12.1 Å². The Morgan fingerprint density at radius 1 is 1.00 bits per heavy atom. The van der Waals surface area contributed by atoms with Crippen LogP contribution in [0.3, 0.4) is 0 Å². The molecule has 1 heterocycles. The summed E-state index contributed by atoms with van der Waals surface area (Å²) in [6.45, 7) is 4.79. The molecule has 2 aromatic rings. The van der Waals surface area contributed by atoms with Gasteiger partial charge in [0, 0.05) is 18.1 Å². The summed E-state index contributed by atoms with van der Waals surface area (Å²) in [6.07, 6.45) is -11.0. The molecule has 2 rings (SSSR count). The third-order valence-corrected chi connectivity index (χ3v) is 3.62. The molecule has 0 radical (unpaired) electrons. The molecule has 0 aliphatic heterocycles. The molecule has 0 saturated carbocycles. The van der Waals surface area contributed by atoms with Crippen molar-refractivity contribution in [3.8, 4) is 0 Å². The predicted octanol–water partition coefficient (Wildman–Crippen LogP) is 5.10. The van der Waals surface area contributed by atoms with E-state index < -0.39 is 35.1 Å². The highest BCUT2D eigenvalue weighted by Crippen LogP contribution is 2.52. The number of halogens is 6. The highest BCUT2D eigenvalue weighted by atomic mass is 19.4. The van der Waals surface area contributed by atoms with Crippen LogP contribution >= 0.6 is 0 Å². The SMILES string of the molecule is CC(C)(C)OC(=O)Nc1ccc(C(n2cccn2)(C(F)(F)F)C(F)(F)F)cc1. The fourth-order valence-electron chi connectivity index (χ4n) is 2.56. The molecule has 5 nitrogen and oxygen atoms in total. The van der Waals surface area contributed by atoms with E-state index in [0.29, 0.717) is 18.3 Å². The van der Waals surface area contributed by atoms with Crippen molar-refractivity contribution in [1.82, 2.24) is 9.78 Å². The Kier molecular flexibility index (Phi) is 5.41. The second-order valence-corrected chi connectivity index (χ2v) is 6.86. The van der Waals surface area contributed by atoms with E-state index in [1.54, 1.807) is 20.8 Å². The fourth-order valence-corrected chi connectivity index (χ4v) is 2.56. The number of nitrogens with one attached hydrogen (secondary N) is 1. The molecule has 0 aliphatic rings. The van der Waals surface area contributed by atoms with Crippen molar-refractivity contribution in [2.24, 2.45) is 0 Å². The number of carbonyl (C=O) groups is 1. The van der Waals surface area contributed by atoms with Gasteiger partial charge in [-0.15, -0.1) is 0 Å². The van der Waals surface area contributed by atoms with Crippen molar-refractivity contribution in [3.63, 3.8) is 0 Å². The van der Waals surface area contributed by atoms with E-state index in [4.69, 9.17) is 4.74 Å². The summed E-state index contributed by atoms with van der Waals surface area (Å²) in [7, 11) is 0. The first kappa shape index (κ1) is 21.6. The summed E-state index contributed by atoms with van der Waals surface area (Å²) in [4.78, 5) is 11.7. The number of ether oxygens (including phenoxy) is 1. The van der Waals surface area contributed by atoms with Gasteiger partial charge >= 0.3 is 18.4 Å². The summed E-state index contributed by atoms with van der Waals surface area (Å²) in [5, 5.41) is 5.44. The molecule has 0 spiro atoms. The Labute approximate surface area is 156 Å². The van der Waals surface area contributed by atoms with Gasteiger partial charge in [0.1, 0.15) is 5.60 Å². The molecule has 0 fully saturated rings. The van der Waals surface area contributed by atoms with E-state index in [1.807, 2.05) is 0 Å². The van der Waals surface area contributed by atoms with Gasteiger partial charge in [-0.3, -0.25) is 5.32 Å². The fraction of sp³-hybridized carbons (Fsp3) is 0.412. The number of aromatic nitrogens is 2. The van der Waals surface area contributed by atoms with Gasteiger partial charge in [-0.2, -0.15) is 31.4 Å². The molecule has 1 N–H and O–H groups in total. The molecule has 1 aromatic heterocycles. The first-order valence-electron chi connectivity index (χ1n) is 7.92. The highest BCUT2D eigenvalue weighted by molar-refractivity contribution is 5.84. The molecule has 0 aliphatic carbocycles. The molecule has 0 atom stereocenters. The maximum absolute atomic E-state index is 13.7. The molecule has 0 unspecified atom stereocenters. The normalized spacial score (nSPS) is 13.3. The molecular formula is C17H17F6N3O2. The average Bonchev–Trinajstić information content (AvgIpc) is 2.98. The monoisotopic (exact) mass is 409 g/mol. The standard InChI is InChI=1S/C17H17F6N3O2/c1-14(2,3)28-13(27)25-12-7-5-11(6-8-12)15(16(18,19)20,17(21,22)23)26-10-4-9-24-26/h4-10H,1-3H3,(H,25,27). The minimum atomic E-state index is -5.74. The van der Waals surface area contributed by atoms with E-state index in [1.165, 1.54) is 0 Å². The van der Waals surface area contributed by atoms with Crippen LogP contribution in [0.15, 0.2) is 42.7 Å². The van der Waals surface area contributed by atoms with Crippen molar-refractivity contribution in [2.45, 2.75) is 44.3 Å². The number of hydrogen-bond acceptors (Lipinski definition) is 3. The number of carbonyl (C=O) groups excluding carboxylic acids is 1. The lowest BCUT2D eigenvalue weighted by molar-refractivity contribution is -0.316.